The normalized spacial score (nSPS) is 10.3. The molecule has 0 atom stereocenters. The lowest BCUT2D eigenvalue weighted by Crippen LogP contribution is -2.00. The van der Waals surface area contributed by atoms with Gasteiger partial charge in [0.25, 0.3) is 5.69 Å². The molecule has 0 heterocycles. The number of benzene rings is 2. The third-order valence-electron chi connectivity index (χ3n) is 2.85. The zero-order chi connectivity index (χ0) is 14.7. The predicted molar refractivity (Wildman–Crippen MR) is 79.9 cm³/mol. The average molecular weight is 337 g/mol. The molecular formula is C14H13BrN2O3. The molecule has 0 unspecified atom stereocenters. The Bertz CT molecular complexity index is 659. The zero-order valence-corrected chi connectivity index (χ0v) is 12.4. The summed E-state index contributed by atoms with van der Waals surface area (Å²) in [6, 6.07) is 10.0. The molecule has 2 N–H and O–H groups in total. The van der Waals surface area contributed by atoms with Gasteiger partial charge in [-0.2, -0.15) is 0 Å². The minimum absolute atomic E-state index is 0.00473. The second-order valence-corrected chi connectivity index (χ2v) is 5.18. The van der Waals surface area contributed by atoms with E-state index in [0.717, 1.165) is 15.6 Å². The molecule has 0 saturated carbocycles. The van der Waals surface area contributed by atoms with Crippen LogP contribution in [0.3, 0.4) is 0 Å². The van der Waals surface area contributed by atoms with E-state index in [1.807, 2.05) is 19.1 Å². The molecule has 2 aromatic rings. The molecule has 20 heavy (non-hydrogen) atoms. The van der Waals surface area contributed by atoms with Crippen molar-refractivity contribution >= 4 is 21.6 Å². The minimum Gasteiger partial charge on any atom is -0.456 e. The van der Waals surface area contributed by atoms with E-state index in [2.05, 4.69) is 15.9 Å². The summed E-state index contributed by atoms with van der Waals surface area (Å²) < 4.78 is 6.64. The Morgan fingerprint density at radius 3 is 2.65 bits per heavy atom. The van der Waals surface area contributed by atoms with Crippen molar-refractivity contribution in [3.63, 3.8) is 0 Å². The summed E-state index contributed by atoms with van der Waals surface area (Å²) in [5.41, 5.74) is 7.31. The van der Waals surface area contributed by atoms with Crippen LogP contribution in [0.1, 0.15) is 11.1 Å². The quantitative estimate of drug-likeness (QED) is 0.677. The van der Waals surface area contributed by atoms with Crippen molar-refractivity contribution in [2.24, 2.45) is 5.73 Å². The van der Waals surface area contributed by atoms with E-state index in [9.17, 15) is 10.1 Å². The fraction of sp³-hybridized carbons (Fsp3) is 0.143. The average Bonchev–Trinajstić information content (AvgIpc) is 2.41. The molecule has 0 radical (unpaired) electrons. The Hall–Kier alpha value is -1.92. The van der Waals surface area contributed by atoms with E-state index >= 15 is 0 Å². The smallest absolute Gasteiger partial charge is 0.273 e. The van der Waals surface area contributed by atoms with Crippen LogP contribution in [0.4, 0.5) is 5.69 Å². The molecule has 0 fully saturated rings. The van der Waals surface area contributed by atoms with Crippen molar-refractivity contribution < 1.29 is 9.66 Å². The number of rotatable bonds is 4. The van der Waals surface area contributed by atoms with Crippen LogP contribution in [0.15, 0.2) is 40.9 Å². The molecular weight excluding hydrogens is 324 g/mol. The number of nitrogens with two attached hydrogens (primary N) is 1. The molecule has 6 heteroatoms. The second-order valence-electron chi connectivity index (χ2n) is 4.27. The number of nitro benzene ring substituents is 1. The number of halogens is 1. The Kier molecular flexibility index (Phi) is 4.36. The maximum atomic E-state index is 10.8. The van der Waals surface area contributed by atoms with Gasteiger partial charge in [0.1, 0.15) is 11.5 Å². The number of hydrogen-bond donors (Lipinski definition) is 1. The summed E-state index contributed by atoms with van der Waals surface area (Å²) in [4.78, 5) is 10.4. The van der Waals surface area contributed by atoms with Gasteiger partial charge in [-0.25, -0.2) is 0 Å². The Balaban J connectivity index is 2.41. The molecule has 0 spiro atoms. The minimum atomic E-state index is -0.447. The van der Waals surface area contributed by atoms with Crippen molar-refractivity contribution in [2.75, 3.05) is 0 Å². The molecule has 0 bridgehead atoms. The summed E-state index contributed by atoms with van der Waals surface area (Å²) in [5, 5.41) is 10.8. The lowest BCUT2D eigenvalue weighted by Gasteiger charge is -2.12. The first-order valence-electron chi connectivity index (χ1n) is 5.92. The van der Waals surface area contributed by atoms with E-state index < -0.39 is 4.92 Å². The van der Waals surface area contributed by atoms with Crippen LogP contribution in [0.25, 0.3) is 0 Å². The highest BCUT2D eigenvalue weighted by atomic mass is 79.9. The number of aryl methyl sites for hydroxylation is 1. The second kappa shape index (κ2) is 6.02. The Morgan fingerprint density at radius 2 is 2.00 bits per heavy atom. The maximum Gasteiger partial charge on any atom is 0.273 e. The number of ether oxygens (including phenoxy) is 1. The van der Waals surface area contributed by atoms with Gasteiger partial charge in [0.05, 0.1) is 11.0 Å². The highest BCUT2D eigenvalue weighted by Gasteiger charge is 2.12. The van der Waals surface area contributed by atoms with Crippen molar-refractivity contribution in [3.8, 4) is 11.5 Å². The van der Waals surface area contributed by atoms with Crippen LogP contribution in [0, 0.1) is 17.0 Å². The Labute approximate surface area is 124 Å². The molecule has 0 aliphatic rings. The molecule has 0 aliphatic heterocycles. The van der Waals surface area contributed by atoms with E-state index in [4.69, 9.17) is 10.5 Å². The van der Waals surface area contributed by atoms with Crippen LogP contribution >= 0.6 is 15.9 Å². The van der Waals surface area contributed by atoms with Gasteiger partial charge in [-0.1, -0.05) is 22.0 Å². The maximum absolute atomic E-state index is 10.8. The highest BCUT2D eigenvalue weighted by Crippen LogP contribution is 2.32. The van der Waals surface area contributed by atoms with Crippen LogP contribution in [-0.4, -0.2) is 4.92 Å². The number of hydrogen-bond acceptors (Lipinski definition) is 4. The van der Waals surface area contributed by atoms with Crippen LogP contribution < -0.4 is 10.5 Å². The van der Waals surface area contributed by atoms with Gasteiger partial charge in [-0.15, -0.1) is 0 Å². The van der Waals surface area contributed by atoms with Gasteiger partial charge in [-0.3, -0.25) is 10.1 Å². The summed E-state index contributed by atoms with van der Waals surface area (Å²) in [5.74, 6) is 1.04. The van der Waals surface area contributed by atoms with Gasteiger partial charge in [0, 0.05) is 22.6 Å². The first-order valence-corrected chi connectivity index (χ1v) is 6.72. The number of nitro groups is 1. The first kappa shape index (κ1) is 14.5. The first-order chi connectivity index (χ1) is 9.51. The van der Waals surface area contributed by atoms with E-state index in [-0.39, 0.29) is 5.69 Å². The SMILES string of the molecule is Cc1ccc([N+](=O)[O-])cc1Oc1cc(Br)ccc1CN. The summed E-state index contributed by atoms with van der Waals surface area (Å²) in [6.07, 6.45) is 0. The lowest BCUT2D eigenvalue weighted by molar-refractivity contribution is -0.384. The Morgan fingerprint density at radius 1 is 1.25 bits per heavy atom. The largest absolute Gasteiger partial charge is 0.456 e. The molecule has 0 aromatic heterocycles. The standard InChI is InChI=1S/C14H13BrN2O3/c1-9-2-5-12(17(18)19)7-13(9)20-14-6-11(15)4-3-10(14)8-16/h2-7H,8,16H2,1H3. The van der Waals surface area contributed by atoms with E-state index in [1.54, 1.807) is 12.1 Å². The fourth-order valence-electron chi connectivity index (χ4n) is 1.72. The molecule has 5 nitrogen and oxygen atoms in total. The molecule has 0 amide bonds. The molecule has 0 saturated heterocycles. The van der Waals surface area contributed by atoms with Crippen LogP contribution in [-0.2, 0) is 6.54 Å². The third-order valence-corrected chi connectivity index (χ3v) is 3.34. The zero-order valence-electron chi connectivity index (χ0n) is 10.8. The number of non-ortho nitro benzene ring substituents is 1. The van der Waals surface area contributed by atoms with Crippen molar-refractivity contribution in [2.45, 2.75) is 13.5 Å². The van der Waals surface area contributed by atoms with Gasteiger partial charge in [0.2, 0.25) is 0 Å². The lowest BCUT2D eigenvalue weighted by atomic mass is 10.2. The molecule has 2 rings (SSSR count). The van der Waals surface area contributed by atoms with Gasteiger partial charge in [0.15, 0.2) is 0 Å². The van der Waals surface area contributed by atoms with Crippen LogP contribution in [0.2, 0.25) is 0 Å². The molecule has 104 valence electrons. The third kappa shape index (κ3) is 3.15. The predicted octanol–water partition coefficient (Wildman–Crippen LogP) is 3.92. The molecule has 2 aromatic carbocycles. The topological polar surface area (TPSA) is 78.4 Å². The van der Waals surface area contributed by atoms with Gasteiger partial charge >= 0.3 is 0 Å². The summed E-state index contributed by atoms with van der Waals surface area (Å²) in [6.45, 7) is 2.16. The van der Waals surface area contributed by atoms with Crippen molar-refractivity contribution in [1.82, 2.24) is 0 Å². The van der Waals surface area contributed by atoms with Crippen molar-refractivity contribution in [3.05, 3.63) is 62.1 Å². The summed E-state index contributed by atoms with van der Waals surface area (Å²) >= 11 is 3.37. The fourth-order valence-corrected chi connectivity index (χ4v) is 2.06. The number of nitrogens with zero attached hydrogens (tertiary/aromatic N) is 1. The van der Waals surface area contributed by atoms with Gasteiger partial charge in [-0.05, 0) is 30.7 Å². The van der Waals surface area contributed by atoms with Gasteiger partial charge < -0.3 is 10.5 Å². The van der Waals surface area contributed by atoms with Crippen molar-refractivity contribution in [1.29, 1.82) is 0 Å². The van der Waals surface area contributed by atoms with E-state index in [1.165, 1.54) is 12.1 Å². The van der Waals surface area contributed by atoms with E-state index in [0.29, 0.717) is 18.0 Å². The van der Waals surface area contributed by atoms with Crippen LogP contribution in [0.5, 0.6) is 11.5 Å². The molecule has 0 aliphatic carbocycles. The highest BCUT2D eigenvalue weighted by molar-refractivity contribution is 9.10. The summed E-state index contributed by atoms with van der Waals surface area (Å²) in [7, 11) is 0. The monoisotopic (exact) mass is 336 g/mol.